The van der Waals surface area contributed by atoms with Gasteiger partial charge in [0.2, 0.25) is 5.91 Å². The SMILES string of the molecule is CCc1ccc(OC2CN(C(=O)Cn3cc(CCO)nn3)C2)c(C(=O)O)c1OB(O)O. The van der Waals surface area contributed by atoms with Crippen LogP contribution in [0.5, 0.6) is 11.5 Å². The fraction of sp³-hybridized carbons (Fsp3) is 0.444. The van der Waals surface area contributed by atoms with Crippen molar-refractivity contribution in [3.05, 3.63) is 35.2 Å². The van der Waals surface area contributed by atoms with E-state index in [9.17, 15) is 14.7 Å². The number of carboxylic acid groups (broad SMARTS) is 1. The number of aliphatic hydroxyl groups excluding tert-OH is 1. The van der Waals surface area contributed by atoms with Gasteiger partial charge in [-0.15, -0.1) is 5.10 Å². The number of likely N-dealkylation sites (tertiary alicyclic amines) is 1. The summed E-state index contributed by atoms with van der Waals surface area (Å²) < 4.78 is 12.0. The van der Waals surface area contributed by atoms with Crippen LogP contribution in [0.15, 0.2) is 18.3 Å². The van der Waals surface area contributed by atoms with Crippen LogP contribution in [0.25, 0.3) is 0 Å². The highest BCUT2D eigenvalue weighted by Gasteiger charge is 2.34. The summed E-state index contributed by atoms with van der Waals surface area (Å²) in [7, 11) is -2.18. The van der Waals surface area contributed by atoms with Gasteiger partial charge < -0.3 is 34.6 Å². The monoisotopic (exact) mass is 434 g/mol. The van der Waals surface area contributed by atoms with Gasteiger partial charge in [-0.25, -0.2) is 9.48 Å². The maximum Gasteiger partial charge on any atom is 0.707 e. The van der Waals surface area contributed by atoms with Crippen LogP contribution < -0.4 is 9.39 Å². The second-order valence-corrected chi connectivity index (χ2v) is 6.95. The van der Waals surface area contributed by atoms with Crippen molar-refractivity contribution < 1.29 is 39.2 Å². The molecule has 13 heteroatoms. The molecule has 0 bridgehead atoms. The minimum Gasteiger partial charge on any atom is -0.511 e. The first kappa shape index (κ1) is 22.5. The van der Waals surface area contributed by atoms with E-state index in [1.807, 2.05) is 0 Å². The Hall–Kier alpha value is -3.16. The molecule has 31 heavy (non-hydrogen) atoms. The molecule has 0 atom stereocenters. The fourth-order valence-electron chi connectivity index (χ4n) is 3.21. The van der Waals surface area contributed by atoms with Crippen molar-refractivity contribution in [3.8, 4) is 11.5 Å². The summed E-state index contributed by atoms with van der Waals surface area (Å²) in [6.07, 6.45) is 1.93. The van der Waals surface area contributed by atoms with Gasteiger partial charge in [0.15, 0.2) is 0 Å². The van der Waals surface area contributed by atoms with E-state index in [1.54, 1.807) is 19.2 Å². The molecule has 1 saturated heterocycles. The van der Waals surface area contributed by atoms with Crippen molar-refractivity contribution in [2.45, 2.75) is 32.4 Å². The molecule has 2 heterocycles. The standard InChI is InChI=1S/C18H23BN4O8/c1-2-11-3-4-14(16(18(26)27)17(11)31-19(28)29)30-13-8-22(9-13)15(25)10-23-7-12(5-6-24)20-21-23/h3-4,7,13,24,28-29H,2,5-6,8-10H2,1H3,(H,26,27). The predicted octanol–water partition coefficient (Wildman–Crippen LogP) is -1.29. The summed E-state index contributed by atoms with van der Waals surface area (Å²) in [5.74, 6) is -1.69. The number of benzene rings is 1. The van der Waals surface area contributed by atoms with E-state index in [1.165, 1.54) is 15.6 Å². The maximum absolute atomic E-state index is 12.4. The lowest BCUT2D eigenvalue weighted by Crippen LogP contribution is -2.57. The molecule has 4 N–H and O–H groups in total. The molecule has 12 nitrogen and oxygen atoms in total. The Labute approximate surface area is 177 Å². The van der Waals surface area contributed by atoms with Gasteiger partial charge in [-0.3, -0.25) is 4.79 Å². The van der Waals surface area contributed by atoms with Gasteiger partial charge in [0.25, 0.3) is 0 Å². The number of aryl methyl sites for hydroxylation is 1. The number of ether oxygens (including phenoxy) is 1. The lowest BCUT2D eigenvalue weighted by Gasteiger charge is -2.39. The van der Waals surface area contributed by atoms with Gasteiger partial charge >= 0.3 is 13.3 Å². The second-order valence-electron chi connectivity index (χ2n) is 6.95. The van der Waals surface area contributed by atoms with Gasteiger partial charge in [-0.05, 0) is 18.1 Å². The molecule has 2 aromatic rings. The van der Waals surface area contributed by atoms with Crippen LogP contribution in [0.1, 0.15) is 28.5 Å². The quantitative estimate of drug-likeness (QED) is 0.330. The highest BCUT2D eigenvalue weighted by molar-refractivity contribution is 6.34. The summed E-state index contributed by atoms with van der Waals surface area (Å²) >= 11 is 0. The molecule has 1 aromatic heterocycles. The third kappa shape index (κ3) is 5.31. The lowest BCUT2D eigenvalue weighted by molar-refractivity contribution is -0.140. The zero-order valence-electron chi connectivity index (χ0n) is 16.8. The first-order chi connectivity index (χ1) is 14.8. The number of nitrogens with zero attached hydrogens (tertiary/aromatic N) is 4. The van der Waals surface area contributed by atoms with Crippen LogP contribution in [0, 0.1) is 0 Å². The third-order valence-electron chi connectivity index (χ3n) is 4.76. The van der Waals surface area contributed by atoms with Gasteiger partial charge in [-0.2, -0.15) is 0 Å². The molecule has 1 aliphatic heterocycles. The molecule has 0 radical (unpaired) electrons. The third-order valence-corrected chi connectivity index (χ3v) is 4.76. The van der Waals surface area contributed by atoms with E-state index in [-0.39, 0.29) is 49.2 Å². The number of aliphatic hydroxyl groups is 1. The number of aromatic carboxylic acids is 1. The highest BCUT2D eigenvalue weighted by Crippen LogP contribution is 2.34. The second kappa shape index (κ2) is 9.77. The Kier molecular flexibility index (Phi) is 7.10. The average molecular weight is 434 g/mol. The van der Waals surface area contributed by atoms with Gasteiger partial charge in [0.1, 0.15) is 29.7 Å². The normalized spacial score (nSPS) is 13.6. The van der Waals surface area contributed by atoms with Gasteiger partial charge in [-0.1, -0.05) is 18.2 Å². The first-order valence-corrected chi connectivity index (χ1v) is 9.68. The number of aromatic nitrogens is 3. The highest BCUT2D eigenvalue weighted by atomic mass is 16.6. The van der Waals surface area contributed by atoms with Crippen molar-refractivity contribution in [1.82, 2.24) is 19.9 Å². The Balaban J connectivity index is 1.63. The molecule has 0 unspecified atom stereocenters. The summed E-state index contributed by atoms with van der Waals surface area (Å²) in [4.78, 5) is 25.7. The van der Waals surface area contributed by atoms with Crippen molar-refractivity contribution >= 4 is 19.2 Å². The zero-order valence-corrected chi connectivity index (χ0v) is 16.8. The largest absolute Gasteiger partial charge is 0.707 e. The molecule has 1 aromatic carbocycles. The Morgan fingerprint density at radius 1 is 1.29 bits per heavy atom. The molecule has 1 aliphatic rings. The number of amides is 1. The Bertz CT molecular complexity index is 945. The number of hydrogen-bond acceptors (Lipinski definition) is 9. The summed E-state index contributed by atoms with van der Waals surface area (Å²) in [6.45, 7) is 2.22. The van der Waals surface area contributed by atoms with Crippen LogP contribution in [0.2, 0.25) is 0 Å². The van der Waals surface area contributed by atoms with E-state index in [0.29, 0.717) is 24.1 Å². The van der Waals surface area contributed by atoms with Crippen molar-refractivity contribution in [3.63, 3.8) is 0 Å². The van der Waals surface area contributed by atoms with Crippen molar-refractivity contribution in [1.29, 1.82) is 0 Å². The molecule has 1 amide bonds. The molecule has 0 saturated carbocycles. The smallest absolute Gasteiger partial charge is 0.511 e. The molecular weight excluding hydrogens is 411 g/mol. The molecule has 1 fully saturated rings. The van der Waals surface area contributed by atoms with Crippen LogP contribution in [-0.4, -0.2) is 85.2 Å². The average Bonchev–Trinajstić information content (AvgIpc) is 3.10. The Morgan fingerprint density at radius 2 is 2.03 bits per heavy atom. The van der Waals surface area contributed by atoms with Gasteiger partial charge in [0, 0.05) is 19.2 Å². The number of carbonyl (C=O) groups is 2. The number of carboxylic acids is 1. The van der Waals surface area contributed by atoms with Crippen LogP contribution >= 0.6 is 0 Å². The molecule has 166 valence electrons. The van der Waals surface area contributed by atoms with E-state index in [0.717, 1.165) is 0 Å². The van der Waals surface area contributed by atoms with E-state index in [4.69, 9.17) is 24.5 Å². The Morgan fingerprint density at radius 3 is 2.65 bits per heavy atom. The summed E-state index contributed by atoms with van der Waals surface area (Å²) in [5.41, 5.74) is 0.760. The fourth-order valence-corrected chi connectivity index (χ4v) is 3.21. The van der Waals surface area contributed by atoms with Crippen LogP contribution in [-0.2, 0) is 24.2 Å². The number of hydrogen-bond donors (Lipinski definition) is 4. The topological polar surface area (TPSA) is 167 Å². The van der Waals surface area contributed by atoms with Gasteiger partial charge in [0.05, 0.1) is 18.8 Å². The molecule has 0 aliphatic carbocycles. The van der Waals surface area contributed by atoms with Crippen molar-refractivity contribution in [2.24, 2.45) is 0 Å². The van der Waals surface area contributed by atoms with E-state index >= 15 is 0 Å². The zero-order chi connectivity index (χ0) is 22.5. The predicted molar refractivity (Wildman–Crippen MR) is 105 cm³/mol. The van der Waals surface area contributed by atoms with E-state index in [2.05, 4.69) is 10.3 Å². The lowest BCUT2D eigenvalue weighted by atomic mass is 10.0. The molecular formula is C18H23BN4O8. The molecule has 0 spiro atoms. The minimum absolute atomic E-state index is 0.0108. The molecule has 3 rings (SSSR count). The summed E-state index contributed by atoms with van der Waals surface area (Å²) in [6, 6.07) is 3.08. The van der Waals surface area contributed by atoms with Crippen LogP contribution in [0.4, 0.5) is 0 Å². The van der Waals surface area contributed by atoms with Crippen molar-refractivity contribution in [2.75, 3.05) is 19.7 Å². The number of rotatable bonds is 10. The van der Waals surface area contributed by atoms with Crippen LogP contribution in [0.3, 0.4) is 0 Å². The number of carbonyl (C=O) groups excluding carboxylic acids is 1. The first-order valence-electron chi connectivity index (χ1n) is 9.68. The maximum atomic E-state index is 12.4. The summed E-state index contributed by atoms with van der Waals surface area (Å²) in [5, 5.41) is 44.5. The van der Waals surface area contributed by atoms with E-state index < -0.39 is 19.4 Å². The minimum atomic E-state index is -2.18.